The molecular weight excluding hydrogens is 296 g/mol. The molecule has 0 saturated carbocycles. The summed E-state index contributed by atoms with van der Waals surface area (Å²) in [5.74, 6) is 0.375. The molecule has 4 heteroatoms. The SMILES string of the molecule is Cc1ccc(NC(=O)CNc2ccc(C(C)C)cc2)c(Cl)c1. The minimum absolute atomic E-state index is 0.126. The summed E-state index contributed by atoms with van der Waals surface area (Å²) >= 11 is 6.10. The van der Waals surface area contributed by atoms with Crippen molar-refractivity contribution in [1.82, 2.24) is 0 Å². The molecule has 0 bridgehead atoms. The van der Waals surface area contributed by atoms with E-state index in [4.69, 9.17) is 11.6 Å². The highest BCUT2D eigenvalue weighted by Crippen LogP contribution is 2.22. The van der Waals surface area contributed by atoms with E-state index in [1.54, 1.807) is 0 Å². The lowest BCUT2D eigenvalue weighted by atomic mass is 10.0. The molecule has 0 saturated heterocycles. The third-order valence-electron chi connectivity index (χ3n) is 3.43. The van der Waals surface area contributed by atoms with Gasteiger partial charge in [-0.25, -0.2) is 0 Å². The van der Waals surface area contributed by atoms with E-state index in [-0.39, 0.29) is 12.5 Å². The molecule has 0 atom stereocenters. The Morgan fingerprint density at radius 1 is 1.14 bits per heavy atom. The fourth-order valence-electron chi connectivity index (χ4n) is 2.08. The van der Waals surface area contributed by atoms with Crippen LogP contribution in [0.3, 0.4) is 0 Å². The van der Waals surface area contributed by atoms with E-state index in [9.17, 15) is 4.79 Å². The van der Waals surface area contributed by atoms with E-state index in [1.807, 2.05) is 37.3 Å². The van der Waals surface area contributed by atoms with Crippen molar-refractivity contribution in [3.05, 3.63) is 58.6 Å². The Hall–Kier alpha value is -2.00. The number of benzene rings is 2. The van der Waals surface area contributed by atoms with Crippen LogP contribution in [0.2, 0.25) is 5.02 Å². The molecule has 0 aliphatic carbocycles. The van der Waals surface area contributed by atoms with Crippen LogP contribution in [0, 0.1) is 6.92 Å². The van der Waals surface area contributed by atoms with Gasteiger partial charge in [0.15, 0.2) is 0 Å². The molecule has 116 valence electrons. The summed E-state index contributed by atoms with van der Waals surface area (Å²) in [5, 5.41) is 6.46. The number of halogens is 1. The standard InChI is InChI=1S/C18H21ClN2O/c1-12(2)14-5-7-15(8-6-14)20-11-18(22)21-17-9-4-13(3)10-16(17)19/h4-10,12,20H,11H2,1-3H3,(H,21,22). The van der Waals surface area contributed by atoms with E-state index in [2.05, 4.69) is 36.6 Å². The smallest absolute Gasteiger partial charge is 0.243 e. The molecule has 0 aliphatic rings. The van der Waals surface area contributed by atoms with Crippen LogP contribution in [0.5, 0.6) is 0 Å². The number of hydrogen-bond acceptors (Lipinski definition) is 2. The molecule has 0 unspecified atom stereocenters. The van der Waals surface area contributed by atoms with Crippen molar-refractivity contribution in [3.63, 3.8) is 0 Å². The zero-order valence-electron chi connectivity index (χ0n) is 13.1. The lowest BCUT2D eigenvalue weighted by Crippen LogP contribution is -2.21. The number of carbonyl (C=O) groups is 1. The zero-order chi connectivity index (χ0) is 16.1. The number of nitrogens with one attached hydrogen (secondary N) is 2. The number of aryl methyl sites for hydroxylation is 1. The summed E-state index contributed by atoms with van der Waals surface area (Å²) < 4.78 is 0. The zero-order valence-corrected chi connectivity index (χ0v) is 13.9. The fourth-order valence-corrected chi connectivity index (χ4v) is 2.37. The van der Waals surface area contributed by atoms with Crippen LogP contribution >= 0.6 is 11.6 Å². The Morgan fingerprint density at radius 3 is 2.41 bits per heavy atom. The number of amides is 1. The molecular formula is C18H21ClN2O. The minimum Gasteiger partial charge on any atom is -0.376 e. The van der Waals surface area contributed by atoms with E-state index in [1.165, 1.54) is 5.56 Å². The Kier molecular flexibility index (Phi) is 5.45. The number of anilines is 2. The maximum absolute atomic E-state index is 12.0. The molecule has 0 aromatic heterocycles. The van der Waals surface area contributed by atoms with Crippen molar-refractivity contribution in [2.24, 2.45) is 0 Å². The van der Waals surface area contributed by atoms with Crippen molar-refractivity contribution in [1.29, 1.82) is 0 Å². The van der Waals surface area contributed by atoms with Gasteiger partial charge in [0.2, 0.25) is 5.91 Å². The largest absolute Gasteiger partial charge is 0.376 e. The van der Waals surface area contributed by atoms with E-state index in [0.29, 0.717) is 16.6 Å². The Balaban J connectivity index is 1.89. The normalized spacial score (nSPS) is 10.6. The van der Waals surface area contributed by atoms with E-state index >= 15 is 0 Å². The van der Waals surface area contributed by atoms with Crippen LogP contribution in [0.4, 0.5) is 11.4 Å². The second-order valence-electron chi connectivity index (χ2n) is 5.66. The molecule has 0 aliphatic heterocycles. The third-order valence-corrected chi connectivity index (χ3v) is 3.74. The fraction of sp³-hybridized carbons (Fsp3) is 0.278. The average molecular weight is 317 g/mol. The van der Waals surface area contributed by atoms with Crippen molar-refractivity contribution >= 4 is 28.9 Å². The molecule has 2 rings (SSSR count). The van der Waals surface area contributed by atoms with Gasteiger partial charge in [0.25, 0.3) is 0 Å². The summed E-state index contributed by atoms with van der Waals surface area (Å²) in [4.78, 5) is 12.0. The van der Waals surface area contributed by atoms with Gasteiger partial charge in [0, 0.05) is 5.69 Å². The van der Waals surface area contributed by atoms with Gasteiger partial charge in [0.05, 0.1) is 17.3 Å². The highest BCUT2D eigenvalue weighted by atomic mass is 35.5. The van der Waals surface area contributed by atoms with Crippen LogP contribution in [-0.4, -0.2) is 12.5 Å². The van der Waals surface area contributed by atoms with Gasteiger partial charge in [-0.05, 0) is 48.2 Å². The second kappa shape index (κ2) is 7.32. The maximum atomic E-state index is 12.0. The molecule has 22 heavy (non-hydrogen) atoms. The molecule has 0 fully saturated rings. The monoisotopic (exact) mass is 316 g/mol. The van der Waals surface area contributed by atoms with Crippen LogP contribution < -0.4 is 10.6 Å². The highest BCUT2D eigenvalue weighted by molar-refractivity contribution is 6.33. The molecule has 0 spiro atoms. The first kappa shape index (κ1) is 16.4. The molecule has 2 N–H and O–H groups in total. The van der Waals surface area contributed by atoms with Crippen molar-refractivity contribution in [2.45, 2.75) is 26.7 Å². The van der Waals surface area contributed by atoms with Crippen LogP contribution in [0.1, 0.15) is 30.9 Å². The lowest BCUT2D eigenvalue weighted by Gasteiger charge is -2.11. The Morgan fingerprint density at radius 2 is 1.82 bits per heavy atom. The second-order valence-corrected chi connectivity index (χ2v) is 6.07. The molecule has 2 aromatic rings. The summed E-state index contributed by atoms with van der Waals surface area (Å²) in [5.41, 5.74) is 3.90. The molecule has 0 heterocycles. The molecule has 2 aromatic carbocycles. The number of rotatable bonds is 5. The van der Waals surface area contributed by atoms with Gasteiger partial charge >= 0.3 is 0 Å². The number of carbonyl (C=O) groups excluding carboxylic acids is 1. The minimum atomic E-state index is -0.126. The first-order chi connectivity index (χ1) is 10.5. The van der Waals surface area contributed by atoms with Crippen molar-refractivity contribution < 1.29 is 4.79 Å². The van der Waals surface area contributed by atoms with Gasteiger partial charge in [-0.15, -0.1) is 0 Å². The first-order valence-electron chi connectivity index (χ1n) is 7.35. The molecule has 0 radical (unpaired) electrons. The van der Waals surface area contributed by atoms with Crippen LogP contribution in [0.25, 0.3) is 0 Å². The summed E-state index contributed by atoms with van der Waals surface area (Å²) in [6, 6.07) is 13.7. The summed E-state index contributed by atoms with van der Waals surface area (Å²) in [6.45, 7) is 6.47. The van der Waals surface area contributed by atoms with E-state index in [0.717, 1.165) is 11.3 Å². The Bertz CT molecular complexity index is 651. The van der Waals surface area contributed by atoms with Gasteiger partial charge in [-0.2, -0.15) is 0 Å². The van der Waals surface area contributed by atoms with Gasteiger partial charge in [-0.1, -0.05) is 43.6 Å². The van der Waals surface area contributed by atoms with Crippen molar-refractivity contribution in [2.75, 3.05) is 17.2 Å². The van der Waals surface area contributed by atoms with Gasteiger partial charge in [-0.3, -0.25) is 4.79 Å². The lowest BCUT2D eigenvalue weighted by molar-refractivity contribution is -0.114. The predicted molar refractivity (Wildman–Crippen MR) is 93.8 cm³/mol. The highest BCUT2D eigenvalue weighted by Gasteiger charge is 2.06. The summed E-state index contributed by atoms with van der Waals surface area (Å²) in [6.07, 6.45) is 0. The third kappa shape index (κ3) is 4.50. The molecule has 1 amide bonds. The van der Waals surface area contributed by atoms with Gasteiger partial charge in [0.1, 0.15) is 0 Å². The number of hydrogen-bond donors (Lipinski definition) is 2. The van der Waals surface area contributed by atoms with Gasteiger partial charge < -0.3 is 10.6 Å². The predicted octanol–water partition coefficient (Wildman–Crippen LogP) is 4.82. The topological polar surface area (TPSA) is 41.1 Å². The average Bonchev–Trinajstić information content (AvgIpc) is 2.48. The van der Waals surface area contributed by atoms with Crippen molar-refractivity contribution in [3.8, 4) is 0 Å². The van der Waals surface area contributed by atoms with E-state index < -0.39 is 0 Å². The molecule has 3 nitrogen and oxygen atoms in total. The first-order valence-corrected chi connectivity index (χ1v) is 7.73. The maximum Gasteiger partial charge on any atom is 0.243 e. The Labute approximate surface area is 136 Å². The quantitative estimate of drug-likeness (QED) is 0.830. The van der Waals surface area contributed by atoms with Crippen LogP contribution in [0.15, 0.2) is 42.5 Å². The van der Waals surface area contributed by atoms with Crippen LogP contribution in [-0.2, 0) is 4.79 Å². The summed E-state index contributed by atoms with van der Waals surface area (Å²) in [7, 11) is 0.